The maximum atomic E-state index is 5.26. The van der Waals surface area contributed by atoms with Crippen molar-refractivity contribution in [2.75, 3.05) is 13.6 Å². The highest BCUT2D eigenvalue weighted by molar-refractivity contribution is 5.79. The van der Waals surface area contributed by atoms with Gasteiger partial charge in [-0.05, 0) is 13.3 Å². The van der Waals surface area contributed by atoms with Crippen LogP contribution in [-0.4, -0.2) is 44.4 Å². The molecule has 8 nitrogen and oxygen atoms in total. The van der Waals surface area contributed by atoms with Crippen LogP contribution in [0.3, 0.4) is 0 Å². The molecule has 0 spiro atoms. The van der Waals surface area contributed by atoms with Crippen molar-refractivity contribution in [2.24, 2.45) is 12.0 Å². The average Bonchev–Trinajstić information content (AvgIpc) is 3.13. The van der Waals surface area contributed by atoms with Gasteiger partial charge >= 0.3 is 0 Å². The number of hydrogen-bond acceptors (Lipinski definition) is 5. The van der Waals surface area contributed by atoms with Crippen molar-refractivity contribution in [3.63, 3.8) is 0 Å². The highest BCUT2D eigenvalue weighted by Crippen LogP contribution is 2.06. The highest BCUT2D eigenvalue weighted by Gasteiger charge is 2.10. The number of nitrogens with one attached hydrogen (secondary N) is 1. The van der Waals surface area contributed by atoms with Gasteiger partial charge in [-0.3, -0.25) is 4.68 Å². The number of guanidine groups is 1. The predicted octanol–water partition coefficient (Wildman–Crippen LogP) is 0.963. The summed E-state index contributed by atoms with van der Waals surface area (Å²) in [5.74, 6) is 2.43. The molecule has 0 aliphatic heterocycles. The van der Waals surface area contributed by atoms with E-state index < -0.39 is 0 Å². The fourth-order valence-electron chi connectivity index (χ4n) is 1.97. The van der Waals surface area contributed by atoms with Crippen LogP contribution in [-0.2, 0) is 26.6 Å². The minimum atomic E-state index is 0.457. The molecule has 0 aliphatic rings. The molecule has 2 heterocycles. The summed E-state index contributed by atoms with van der Waals surface area (Å²) in [6, 6.07) is 1.94. The zero-order valence-electron chi connectivity index (χ0n) is 13.6. The summed E-state index contributed by atoms with van der Waals surface area (Å²) in [4.78, 5) is 10.8. The molecule has 0 amide bonds. The summed E-state index contributed by atoms with van der Waals surface area (Å²) in [6.07, 6.45) is 2.41. The largest absolute Gasteiger partial charge is 0.359 e. The molecule has 0 saturated heterocycles. The van der Waals surface area contributed by atoms with Crippen molar-refractivity contribution >= 4 is 5.96 Å². The molecule has 0 fully saturated rings. The second-order valence-electron chi connectivity index (χ2n) is 4.96. The van der Waals surface area contributed by atoms with Crippen LogP contribution in [0.4, 0.5) is 0 Å². The van der Waals surface area contributed by atoms with E-state index in [4.69, 9.17) is 4.52 Å². The third-order valence-corrected chi connectivity index (χ3v) is 3.23. The Kier molecular flexibility index (Phi) is 5.51. The number of aromatic nitrogens is 4. The van der Waals surface area contributed by atoms with Gasteiger partial charge in [0.2, 0.25) is 0 Å². The lowest BCUT2D eigenvalue weighted by molar-refractivity contribution is 0.377. The first-order valence-electron chi connectivity index (χ1n) is 7.40. The van der Waals surface area contributed by atoms with Gasteiger partial charge in [0.1, 0.15) is 18.7 Å². The smallest absolute Gasteiger partial charge is 0.194 e. The van der Waals surface area contributed by atoms with E-state index in [9.17, 15) is 0 Å². The number of aryl methyl sites for hydroxylation is 2. The van der Waals surface area contributed by atoms with Gasteiger partial charge in [-0.25, -0.2) is 9.98 Å². The molecule has 0 unspecified atom stereocenters. The molecule has 2 aromatic rings. The molecule has 2 rings (SSSR count). The van der Waals surface area contributed by atoms with Gasteiger partial charge in [0.05, 0.1) is 12.2 Å². The van der Waals surface area contributed by atoms with Crippen molar-refractivity contribution in [1.82, 2.24) is 30.1 Å². The van der Waals surface area contributed by atoms with Crippen LogP contribution in [0, 0.1) is 0 Å². The Hall–Kier alpha value is -2.38. The Morgan fingerprint density at radius 1 is 1.45 bits per heavy atom. The fourth-order valence-corrected chi connectivity index (χ4v) is 1.97. The monoisotopic (exact) mass is 305 g/mol. The zero-order chi connectivity index (χ0) is 15.9. The van der Waals surface area contributed by atoms with Crippen LogP contribution in [0.5, 0.6) is 0 Å². The molecule has 0 atom stereocenters. The van der Waals surface area contributed by atoms with Crippen LogP contribution in [0.15, 0.2) is 21.9 Å². The van der Waals surface area contributed by atoms with E-state index in [2.05, 4.69) is 25.5 Å². The SMILES string of the molecule is CCNC(=NCc1cc(CC)no1)N(C)Cc1ncnn1C. The molecule has 120 valence electrons. The lowest BCUT2D eigenvalue weighted by Gasteiger charge is -2.21. The Bertz CT molecular complexity index is 616. The quantitative estimate of drug-likeness (QED) is 0.632. The molecule has 0 radical (unpaired) electrons. The molecule has 2 aromatic heterocycles. The van der Waals surface area contributed by atoms with Gasteiger partial charge in [-0.1, -0.05) is 12.1 Å². The first-order valence-corrected chi connectivity index (χ1v) is 7.40. The van der Waals surface area contributed by atoms with E-state index in [0.29, 0.717) is 13.1 Å². The summed E-state index contributed by atoms with van der Waals surface area (Å²) in [5.41, 5.74) is 0.947. The average molecular weight is 305 g/mol. The third kappa shape index (κ3) is 4.06. The molecule has 1 N–H and O–H groups in total. The normalized spacial score (nSPS) is 11.7. The predicted molar refractivity (Wildman–Crippen MR) is 83.2 cm³/mol. The van der Waals surface area contributed by atoms with Gasteiger partial charge in [0, 0.05) is 26.7 Å². The Morgan fingerprint density at radius 2 is 2.27 bits per heavy atom. The van der Waals surface area contributed by atoms with Crippen LogP contribution >= 0.6 is 0 Å². The second-order valence-corrected chi connectivity index (χ2v) is 4.96. The van der Waals surface area contributed by atoms with Crippen LogP contribution in [0.25, 0.3) is 0 Å². The molecule has 0 aromatic carbocycles. The standard InChI is InChI=1S/C14H23N7O/c1-5-11-7-12(22-19-11)8-16-14(15-6-2)20(3)9-13-17-10-18-21(13)4/h7,10H,5-6,8-9H2,1-4H3,(H,15,16). The topological polar surface area (TPSA) is 84.4 Å². The molecular weight excluding hydrogens is 282 g/mol. The molecule has 22 heavy (non-hydrogen) atoms. The lowest BCUT2D eigenvalue weighted by atomic mass is 10.3. The maximum Gasteiger partial charge on any atom is 0.194 e. The summed E-state index contributed by atoms with van der Waals surface area (Å²) in [5, 5.41) is 11.3. The zero-order valence-corrected chi connectivity index (χ0v) is 13.6. The van der Waals surface area contributed by atoms with Crippen LogP contribution in [0.1, 0.15) is 31.1 Å². The van der Waals surface area contributed by atoms with E-state index in [0.717, 1.165) is 36.2 Å². The summed E-state index contributed by atoms with van der Waals surface area (Å²) >= 11 is 0. The van der Waals surface area contributed by atoms with Crippen molar-refractivity contribution in [2.45, 2.75) is 33.4 Å². The van der Waals surface area contributed by atoms with Crippen molar-refractivity contribution in [1.29, 1.82) is 0 Å². The number of hydrogen-bond donors (Lipinski definition) is 1. The summed E-state index contributed by atoms with van der Waals surface area (Å²) in [7, 11) is 3.84. The molecule has 0 aliphatic carbocycles. The van der Waals surface area contributed by atoms with E-state index >= 15 is 0 Å². The maximum absolute atomic E-state index is 5.26. The van der Waals surface area contributed by atoms with Gasteiger partial charge in [0.15, 0.2) is 11.7 Å². The number of rotatable bonds is 6. The molecule has 8 heteroatoms. The van der Waals surface area contributed by atoms with Crippen LogP contribution in [0.2, 0.25) is 0 Å². The summed E-state index contributed by atoms with van der Waals surface area (Å²) < 4.78 is 7.01. The summed E-state index contributed by atoms with van der Waals surface area (Å²) in [6.45, 7) is 5.95. The highest BCUT2D eigenvalue weighted by atomic mass is 16.5. The number of nitrogens with zero attached hydrogens (tertiary/aromatic N) is 6. The minimum absolute atomic E-state index is 0.457. The molecule has 0 saturated carbocycles. The fraction of sp³-hybridized carbons (Fsp3) is 0.571. The Morgan fingerprint density at radius 3 is 2.86 bits per heavy atom. The Labute approximate surface area is 130 Å². The Balaban J connectivity index is 2.04. The second kappa shape index (κ2) is 7.58. The minimum Gasteiger partial charge on any atom is -0.359 e. The lowest BCUT2D eigenvalue weighted by Crippen LogP contribution is -2.39. The van der Waals surface area contributed by atoms with E-state index in [1.807, 2.05) is 38.9 Å². The molecule has 0 bridgehead atoms. The van der Waals surface area contributed by atoms with Gasteiger partial charge in [0.25, 0.3) is 0 Å². The van der Waals surface area contributed by atoms with Crippen molar-refractivity contribution in [3.8, 4) is 0 Å². The molecular formula is C14H23N7O. The van der Waals surface area contributed by atoms with Gasteiger partial charge in [-0.15, -0.1) is 0 Å². The van der Waals surface area contributed by atoms with E-state index in [-0.39, 0.29) is 0 Å². The van der Waals surface area contributed by atoms with Gasteiger partial charge in [-0.2, -0.15) is 5.10 Å². The first-order chi connectivity index (χ1) is 10.6. The first kappa shape index (κ1) is 16.0. The van der Waals surface area contributed by atoms with E-state index in [1.54, 1.807) is 11.0 Å². The van der Waals surface area contributed by atoms with Crippen LogP contribution < -0.4 is 5.32 Å². The van der Waals surface area contributed by atoms with Gasteiger partial charge < -0.3 is 14.7 Å². The van der Waals surface area contributed by atoms with Crippen molar-refractivity contribution in [3.05, 3.63) is 29.7 Å². The van der Waals surface area contributed by atoms with E-state index in [1.165, 1.54) is 0 Å². The number of aliphatic imine (C=N–C) groups is 1. The van der Waals surface area contributed by atoms with Crippen molar-refractivity contribution < 1.29 is 4.52 Å². The third-order valence-electron chi connectivity index (χ3n) is 3.23.